The summed E-state index contributed by atoms with van der Waals surface area (Å²) in [5.41, 5.74) is 7.13. The first kappa shape index (κ1) is 15.8. The number of hydrogen-bond acceptors (Lipinski definition) is 6. The fourth-order valence-electron chi connectivity index (χ4n) is 1.84. The zero-order valence-corrected chi connectivity index (χ0v) is 12.9. The van der Waals surface area contributed by atoms with Crippen LogP contribution in [0.5, 0.6) is 5.75 Å². The molecule has 116 valence electrons. The van der Waals surface area contributed by atoms with Crippen LogP contribution in [0, 0.1) is 0 Å². The monoisotopic (exact) mass is 321 g/mol. The van der Waals surface area contributed by atoms with Crippen LogP contribution in [0.25, 0.3) is 0 Å². The standard InChI is InChI=1S/C14H16ClN5O2/c1-8(21)20-10-5-9(3-4-11(10)22-2)6-17-14-12(15)13(16)18-7-19-14/h3-5,7H,6H2,1-2H3,(H,20,21)(H3,16,17,18,19). The molecule has 0 atom stereocenters. The van der Waals surface area contributed by atoms with Gasteiger partial charge in [-0.25, -0.2) is 9.97 Å². The van der Waals surface area contributed by atoms with Gasteiger partial charge in [0.2, 0.25) is 5.91 Å². The van der Waals surface area contributed by atoms with Crippen LogP contribution in [-0.4, -0.2) is 23.0 Å². The molecule has 4 N–H and O–H groups in total. The Bertz CT molecular complexity index is 693. The summed E-state index contributed by atoms with van der Waals surface area (Å²) < 4.78 is 5.21. The molecule has 0 saturated heterocycles. The average Bonchev–Trinajstić information content (AvgIpc) is 2.48. The number of nitrogen functional groups attached to an aromatic ring is 1. The van der Waals surface area contributed by atoms with E-state index in [-0.39, 0.29) is 16.7 Å². The van der Waals surface area contributed by atoms with E-state index in [1.165, 1.54) is 13.3 Å². The number of aromatic nitrogens is 2. The van der Waals surface area contributed by atoms with Crippen LogP contribution in [0.3, 0.4) is 0 Å². The third-order valence-electron chi connectivity index (χ3n) is 2.85. The summed E-state index contributed by atoms with van der Waals surface area (Å²) in [7, 11) is 1.54. The van der Waals surface area contributed by atoms with E-state index in [9.17, 15) is 4.79 Å². The Morgan fingerprint density at radius 2 is 2.18 bits per heavy atom. The second-order valence-electron chi connectivity index (χ2n) is 4.49. The van der Waals surface area contributed by atoms with Gasteiger partial charge < -0.3 is 21.1 Å². The Labute approximate surface area is 132 Å². The number of ether oxygens (including phenoxy) is 1. The number of nitrogens with one attached hydrogen (secondary N) is 2. The van der Waals surface area contributed by atoms with Gasteiger partial charge in [0, 0.05) is 13.5 Å². The maximum absolute atomic E-state index is 11.2. The number of methoxy groups -OCH3 is 1. The number of carbonyl (C=O) groups excluding carboxylic acids is 1. The Morgan fingerprint density at radius 1 is 1.41 bits per heavy atom. The maximum Gasteiger partial charge on any atom is 0.221 e. The van der Waals surface area contributed by atoms with Gasteiger partial charge in [-0.05, 0) is 17.7 Å². The van der Waals surface area contributed by atoms with Gasteiger partial charge in [0.1, 0.15) is 22.9 Å². The normalized spacial score (nSPS) is 10.1. The van der Waals surface area contributed by atoms with Crippen LogP contribution < -0.4 is 21.1 Å². The SMILES string of the molecule is COc1ccc(CNc2ncnc(N)c2Cl)cc1NC(C)=O. The molecule has 7 nitrogen and oxygen atoms in total. The van der Waals surface area contributed by atoms with Crippen molar-refractivity contribution in [1.29, 1.82) is 0 Å². The summed E-state index contributed by atoms with van der Waals surface area (Å²) in [6, 6.07) is 5.46. The zero-order valence-electron chi connectivity index (χ0n) is 12.2. The molecule has 1 aromatic heterocycles. The van der Waals surface area contributed by atoms with Gasteiger partial charge >= 0.3 is 0 Å². The summed E-state index contributed by atoms with van der Waals surface area (Å²) in [6.45, 7) is 1.89. The lowest BCUT2D eigenvalue weighted by atomic mass is 10.2. The van der Waals surface area contributed by atoms with Crippen LogP contribution in [0.4, 0.5) is 17.3 Å². The molecule has 8 heteroatoms. The van der Waals surface area contributed by atoms with Gasteiger partial charge in [-0.3, -0.25) is 4.79 Å². The van der Waals surface area contributed by atoms with E-state index < -0.39 is 0 Å². The highest BCUT2D eigenvalue weighted by molar-refractivity contribution is 6.35. The number of nitrogens with zero attached hydrogens (tertiary/aromatic N) is 2. The summed E-state index contributed by atoms with van der Waals surface area (Å²) in [5.74, 6) is 1.08. The molecule has 2 rings (SSSR count). The van der Waals surface area contributed by atoms with Crippen molar-refractivity contribution in [1.82, 2.24) is 9.97 Å². The summed E-state index contributed by atoms with van der Waals surface area (Å²) in [4.78, 5) is 19.0. The maximum atomic E-state index is 11.2. The first-order valence-electron chi connectivity index (χ1n) is 6.45. The van der Waals surface area contributed by atoms with Crippen LogP contribution in [0.1, 0.15) is 12.5 Å². The minimum Gasteiger partial charge on any atom is -0.495 e. The predicted octanol–water partition coefficient (Wildman–Crippen LogP) is 2.29. The Balaban J connectivity index is 2.16. The largest absolute Gasteiger partial charge is 0.495 e. The highest BCUT2D eigenvalue weighted by atomic mass is 35.5. The third-order valence-corrected chi connectivity index (χ3v) is 3.22. The number of anilines is 3. The average molecular weight is 322 g/mol. The van der Waals surface area contributed by atoms with Crippen LogP contribution in [-0.2, 0) is 11.3 Å². The molecule has 0 aliphatic carbocycles. The van der Waals surface area contributed by atoms with Gasteiger partial charge in [-0.2, -0.15) is 0 Å². The number of halogens is 1. The van der Waals surface area contributed by atoms with Gasteiger partial charge in [0.05, 0.1) is 12.8 Å². The molecule has 0 fully saturated rings. The van der Waals surface area contributed by atoms with Crippen molar-refractivity contribution >= 4 is 34.8 Å². The van der Waals surface area contributed by atoms with Crippen molar-refractivity contribution < 1.29 is 9.53 Å². The molecule has 1 heterocycles. The molecule has 0 saturated carbocycles. The quantitative estimate of drug-likeness (QED) is 0.781. The van der Waals surface area contributed by atoms with E-state index in [1.54, 1.807) is 13.2 Å². The molecule has 1 amide bonds. The highest BCUT2D eigenvalue weighted by Crippen LogP contribution is 2.27. The molecule has 2 aromatic rings. The summed E-state index contributed by atoms with van der Waals surface area (Å²) in [5, 5.41) is 6.07. The highest BCUT2D eigenvalue weighted by Gasteiger charge is 2.08. The van der Waals surface area contributed by atoms with Crippen molar-refractivity contribution in [3.63, 3.8) is 0 Å². The Kier molecular flexibility index (Phi) is 5.00. The lowest BCUT2D eigenvalue weighted by Crippen LogP contribution is -2.09. The summed E-state index contributed by atoms with van der Waals surface area (Å²) >= 11 is 6.02. The molecular formula is C14H16ClN5O2. The molecule has 0 aliphatic rings. The number of rotatable bonds is 5. The van der Waals surface area contributed by atoms with Crippen molar-refractivity contribution in [2.45, 2.75) is 13.5 Å². The molecule has 0 spiro atoms. The lowest BCUT2D eigenvalue weighted by molar-refractivity contribution is -0.114. The first-order chi connectivity index (χ1) is 10.5. The number of benzene rings is 1. The first-order valence-corrected chi connectivity index (χ1v) is 6.83. The summed E-state index contributed by atoms with van der Waals surface area (Å²) in [6.07, 6.45) is 1.33. The smallest absolute Gasteiger partial charge is 0.221 e. The minimum atomic E-state index is -0.171. The van der Waals surface area contributed by atoms with Crippen LogP contribution in [0.2, 0.25) is 5.02 Å². The fourth-order valence-corrected chi connectivity index (χ4v) is 2.01. The predicted molar refractivity (Wildman–Crippen MR) is 86.1 cm³/mol. The number of amides is 1. The van der Waals surface area contributed by atoms with Gasteiger partial charge in [-0.1, -0.05) is 17.7 Å². The lowest BCUT2D eigenvalue weighted by Gasteiger charge is -2.12. The minimum absolute atomic E-state index is 0.171. The second kappa shape index (κ2) is 6.95. The number of nitrogens with two attached hydrogens (primary N) is 1. The Morgan fingerprint density at radius 3 is 2.86 bits per heavy atom. The van der Waals surface area contributed by atoms with Crippen LogP contribution >= 0.6 is 11.6 Å². The van der Waals surface area contributed by atoms with Crippen molar-refractivity contribution in [2.75, 3.05) is 23.5 Å². The topological polar surface area (TPSA) is 102 Å². The van der Waals surface area contributed by atoms with E-state index in [0.717, 1.165) is 5.56 Å². The molecule has 22 heavy (non-hydrogen) atoms. The van der Waals surface area contributed by atoms with E-state index in [2.05, 4.69) is 20.6 Å². The zero-order chi connectivity index (χ0) is 16.1. The molecule has 0 unspecified atom stereocenters. The van der Waals surface area contributed by atoms with E-state index in [4.69, 9.17) is 22.1 Å². The van der Waals surface area contributed by atoms with E-state index >= 15 is 0 Å². The van der Waals surface area contributed by atoms with Gasteiger partial charge in [0.25, 0.3) is 0 Å². The molecule has 0 bridgehead atoms. The van der Waals surface area contributed by atoms with E-state index in [0.29, 0.717) is 23.8 Å². The van der Waals surface area contributed by atoms with Crippen LogP contribution in [0.15, 0.2) is 24.5 Å². The van der Waals surface area contributed by atoms with Gasteiger partial charge in [-0.15, -0.1) is 0 Å². The fraction of sp³-hybridized carbons (Fsp3) is 0.214. The van der Waals surface area contributed by atoms with Crippen molar-refractivity contribution in [2.24, 2.45) is 0 Å². The number of hydrogen-bond donors (Lipinski definition) is 3. The van der Waals surface area contributed by atoms with E-state index in [1.807, 2.05) is 12.1 Å². The molecule has 0 radical (unpaired) electrons. The number of carbonyl (C=O) groups is 1. The van der Waals surface area contributed by atoms with Crippen molar-refractivity contribution in [3.8, 4) is 5.75 Å². The second-order valence-corrected chi connectivity index (χ2v) is 4.87. The molecular weight excluding hydrogens is 306 g/mol. The Hall–Kier alpha value is -2.54. The van der Waals surface area contributed by atoms with Gasteiger partial charge in [0.15, 0.2) is 5.82 Å². The molecule has 0 aliphatic heterocycles. The third kappa shape index (κ3) is 3.76. The molecule has 1 aromatic carbocycles. The van der Waals surface area contributed by atoms with Crippen molar-refractivity contribution in [3.05, 3.63) is 35.1 Å².